The second-order valence-corrected chi connectivity index (χ2v) is 6.24. The molecule has 28 heavy (non-hydrogen) atoms. The summed E-state index contributed by atoms with van der Waals surface area (Å²) in [6.07, 6.45) is 0. The summed E-state index contributed by atoms with van der Waals surface area (Å²) in [6.45, 7) is 0.361. The zero-order chi connectivity index (χ0) is 19.5. The molecule has 0 saturated heterocycles. The van der Waals surface area contributed by atoms with Gasteiger partial charge in [-0.25, -0.2) is 14.1 Å². The van der Waals surface area contributed by atoms with Gasteiger partial charge in [0.25, 0.3) is 5.56 Å². The summed E-state index contributed by atoms with van der Waals surface area (Å²) in [5, 5.41) is 9.40. The lowest BCUT2D eigenvalue weighted by atomic mass is 10.1. The number of para-hydroxylation sites is 1. The van der Waals surface area contributed by atoms with E-state index in [1.807, 2.05) is 18.2 Å². The Morgan fingerprint density at radius 2 is 1.71 bits per heavy atom. The fraction of sp³-hybridized carbons (Fsp3) is 0.0455. The minimum atomic E-state index is -0.357. The maximum Gasteiger partial charge on any atom is 0.280 e. The minimum absolute atomic E-state index is 0.237. The number of hydrogen-bond donors (Lipinski definition) is 1. The van der Waals surface area contributed by atoms with Crippen LogP contribution in [0, 0.1) is 17.1 Å². The molecule has 136 valence electrons. The van der Waals surface area contributed by atoms with Gasteiger partial charge in [0.15, 0.2) is 5.82 Å². The number of rotatable bonds is 4. The Balaban J connectivity index is 1.79. The molecule has 1 N–H and O–H groups in total. The van der Waals surface area contributed by atoms with Crippen molar-refractivity contribution in [2.24, 2.45) is 0 Å². The van der Waals surface area contributed by atoms with Gasteiger partial charge in [-0.05, 0) is 54.1 Å². The molecule has 0 radical (unpaired) electrons. The SMILES string of the molecule is N#Cc1ccc(CNn2c(-c3ccc(F)cc3)nc3ccccc3c2=O)cc1. The van der Waals surface area contributed by atoms with Gasteiger partial charge >= 0.3 is 0 Å². The van der Waals surface area contributed by atoms with E-state index in [1.54, 1.807) is 42.5 Å². The number of nitriles is 1. The third-order valence-electron chi connectivity index (χ3n) is 4.40. The Kier molecular flexibility index (Phi) is 4.56. The minimum Gasteiger partial charge on any atom is -0.317 e. The van der Waals surface area contributed by atoms with Crippen LogP contribution < -0.4 is 11.0 Å². The lowest BCUT2D eigenvalue weighted by Gasteiger charge is -2.15. The van der Waals surface area contributed by atoms with E-state index in [-0.39, 0.29) is 11.4 Å². The van der Waals surface area contributed by atoms with Crippen molar-refractivity contribution in [1.82, 2.24) is 9.66 Å². The molecule has 6 heteroatoms. The van der Waals surface area contributed by atoms with Crippen LogP contribution >= 0.6 is 0 Å². The fourth-order valence-electron chi connectivity index (χ4n) is 2.94. The third-order valence-corrected chi connectivity index (χ3v) is 4.40. The normalized spacial score (nSPS) is 10.6. The van der Waals surface area contributed by atoms with Crippen molar-refractivity contribution in [3.05, 3.63) is 100 Å². The van der Waals surface area contributed by atoms with Crippen LogP contribution in [0.1, 0.15) is 11.1 Å². The molecule has 0 aliphatic heterocycles. The average Bonchev–Trinajstić information content (AvgIpc) is 2.74. The highest BCUT2D eigenvalue weighted by Gasteiger charge is 2.13. The van der Waals surface area contributed by atoms with Crippen molar-refractivity contribution < 1.29 is 4.39 Å². The lowest BCUT2D eigenvalue weighted by molar-refractivity contribution is 0.628. The summed E-state index contributed by atoms with van der Waals surface area (Å²) in [7, 11) is 0. The number of nitrogens with one attached hydrogen (secondary N) is 1. The topological polar surface area (TPSA) is 70.7 Å². The predicted molar refractivity (Wildman–Crippen MR) is 106 cm³/mol. The Labute approximate surface area is 160 Å². The molecule has 0 aliphatic rings. The number of halogens is 1. The predicted octanol–water partition coefficient (Wildman–Crippen LogP) is 3.82. The number of aromatic nitrogens is 2. The molecule has 0 saturated carbocycles. The first-order chi connectivity index (χ1) is 13.7. The van der Waals surface area contributed by atoms with Crippen LogP contribution in [0.5, 0.6) is 0 Å². The van der Waals surface area contributed by atoms with Crippen molar-refractivity contribution in [3.63, 3.8) is 0 Å². The first-order valence-electron chi connectivity index (χ1n) is 8.66. The summed E-state index contributed by atoms with van der Waals surface area (Å²) >= 11 is 0. The Bertz CT molecular complexity index is 1240. The maximum atomic E-state index is 13.3. The second-order valence-electron chi connectivity index (χ2n) is 6.24. The van der Waals surface area contributed by atoms with Gasteiger partial charge in [0.1, 0.15) is 5.82 Å². The van der Waals surface area contributed by atoms with E-state index in [1.165, 1.54) is 16.8 Å². The Morgan fingerprint density at radius 3 is 2.43 bits per heavy atom. The number of nitrogens with zero attached hydrogens (tertiary/aromatic N) is 3. The van der Waals surface area contributed by atoms with Crippen molar-refractivity contribution in [2.45, 2.75) is 6.54 Å². The summed E-state index contributed by atoms with van der Waals surface area (Å²) in [4.78, 5) is 17.7. The molecule has 0 fully saturated rings. The molecule has 5 nitrogen and oxygen atoms in total. The summed E-state index contributed by atoms with van der Waals surface area (Å²) in [5.74, 6) is 0.0429. The van der Waals surface area contributed by atoms with Gasteiger partial charge in [-0.15, -0.1) is 0 Å². The number of hydrogen-bond acceptors (Lipinski definition) is 4. The van der Waals surface area contributed by atoms with Crippen LogP contribution in [0.15, 0.2) is 77.6 Å². The fourth-order valence-corrected chi connectivity index (χ4v) is 2.94. The van der Waals surface area contributed by atoms with Gasteiger partial charge in [-0.1, -0.05) is 24.3 Å². The van der Waals surface area contributed by atoms with Gasteiger partial charge in [-0.3, -0.25) is 4.79 Å². The molecule has 0 spiro atoms. The molecule has 4 rings (SSSR count). The van der Waals surface area contributed by atoms with E-state index in [2.05, 4.69) is 16.5 Å². The molecular weight excluding hydrogens is 355 g/mol. The standard InChI is InChI=1S/C22H15FN4O/c23-18-11-9-17(10-12-18)21-26-20-4-2-1-3-19(20)22(28)27(21)25-14-16-7-5-15(13-24)6-8-16/h1-12,25H,14H2. The summed E-state index contributed by atoms with van der Waals surface area (Å²) in [6, 6.07) is 22.1. The first kappa shape index (κ1) is 17.4. The molecule has 0 amide bonds. The molecule has 0 aliphatic carbocycles. The van der Waals surface area contributed by atoms with Crippen LogP contribution in [-0.4, -0.2) is 9.66 Å². The Hall–Kier alpha value is -3.98. The molecule has 0 unspecified atom stereocenters. The van der Waals surface area contributed by atoms with Gasteiger partial charge in [0, 0.05) is 5.56 Å². The van der Waals surface area contributed by atoms with Gasteiger partial charge in [0.05, 0.1) is 29.1 Å². The number of fused-ring (bicyclic) bond motifs is 1. The molecule has 4 aromatic rings. The molecule has 1 aromatic heterocycles. The van der Waals surface area contributed by atoms with Crippen LogP contribution in [0.2, 0.25) is 0 Å². The maximum absolute atomic E-state index is 13.3. The zero-order valence-electron chi connectivity index (χ0n) is 14.8. The second kappa shape index (κ2) is 7.33. The molecule has 3 aromatic carbocycles. The van der Waals surface area contributed by atoms with Gasteiger partial charge < -0.3 is 5.43 Å². The smallest absolute Gasteiger partial charge is 0.280 e. The largest absolute Gasteiger partial charge is 0.317 e. The summed E-state index contributed by atoms with van der Waals surface area (Å²) in [5.41, 5.74) is 5.54. The van der Waals surface area contributed by atoms with Crippen LogP contribution in [0.4, 0.5) is 4.39 Å². The van der Waals surface area contributed by atoms with E-state index in [9.17, 15) is 9.18 Å². The average molecular weight is 370 g/mol. The van der Waals surface area contributed by atoms with Crippen LogP contribution in [-0.2, 0) is 6.54 Å². The molecule has 0 bridgehead atoms. The van der Waals surface area contributed by atoms with E-state index in [4.69, 9.17) is 5.26 Å². The highest BCUT2D eigenvalue weighted by atomic mass is 19.1. The first-order valence-corrected chi connectivity index (χ1v) is 8.66. The number of benzene rings is 3. The van der Waals surface area contributed by atoms with Crippen LogP contribution in [0.3, 0.4) is 0 Å². The van der Waals surface area contributed by atoms with Crippen molar-refractivity contribution in [1.29, 1.82) is 5.26 Å². The van der Waals surface area contributed by atoms with E-state index in [0.29, 0.717) is 34.4 Å². The highest BCUT2D eigenvalue weighted by Crippen LogP contribution is 2.19. The van der Waals surface area contributed by atoms with Crippen molar-refractivity contribution >= 4 is 10.9 Å². The van der Waals surface area contributed by atoms with E-state index in [0.717, 1.165) is 5.56 Å². The zero-order valence-corrected chi connectivity index (χ0v) is 14.8. The van der Waals surface area contributed by atoms with Crippen molar-refractivity contribution in [2.75, 3.05) is 5.43 Å². The molecule has 1 heterocycles. The van der Waals surface area contributed by atoms with Crippen LogP contribution in [0.25, 0.3) is 22.3 Å². The van der Waals surface area contributed by atoms with E-state index < -0.39 is 0 Å². The quantitative estimate of drug-likeness (QED) is 0.593. The highest BCUT2D eigenvalue weighted by molar-refractivity contribution is 5.79. The third kappa shape index (κ3) is 3.33. The lowest BCUT2D eigenvalue weighted by Crippen LogP contribution is -2.31. The van der Waals surface area contributed by atoms with Gasteiger partial charge in [-0.2, -0.15) is 5.26 Å². The van der Waals surface area contributed by atoms with Gasteiger partial charge in [0.2, 0.25) is 0 Å². The molecular formula is C22H15FN4O. The Morgan fingerprint density at radius 1 is 1.00 bits per heavy atom. The monoisotopic (exact) mass is 370 g/mol. The summed E-state index contributed by atoms with van der Waals surface area (Å²) < 4.78 is 14.7. The molecule has 0 atom stereocenters. The van der Waals surface area contributed by atoms with E-state index >= 15 is 0 Å². The van der Waals surface area contributed by atoms with Crippen molar-refractivity contribution in [3.8, 4) is 17.5 Å².